The highest BCUT2D eigenvalue weighted by molar-refractivity contribution is 9.10. The van der Waals surface area contributed by atoms with E-state index in [0.29, 0.717) is 6.54 Å². The molecule has 1 aromatic heterocycles. The molecule has 0 unspecified atom stereocenters. The van der Waals surface area contributed by atoms with Crippen LogP contribution in [0, 0.1) is 20.8 Å². The number of rotatable bonds is 3. The number of methoxy groups -OCH3 is 1. The Morgan fingerprint density at radius 2 is 1.95 bits per heavy atom. The van der Waals surface area contributed by atoms with Crippen LogP contribution in [0.1, 0.15) is 22.5 Å². The second-order valence-electron chi connectivity index (χ2n) is 4.95. The molecular formula is C15H20BrN3O. The molecule has 2 rings (SSSR count). The zero-order chi connectivity index (χ0) is 15.0. The Bertz CT molecular complexity index is 662. The van der Waals surface area contributed by atoms with Gasteiger partial charge in [0, 0.05) is 12.6 Å². The summed E-state index contributed by atoms with van der Waals surface area (Å²) >= 11 is 3.61. The van der Waals surface area contributed by atoms with E-state index in [2.05, 4.69) is 47.8 Å². The van der Waals surface area contributed by atoms with Gasteiger partial charge in [-0.25, -0.2) is 4.98 Å². The Balaban J connectivity index is 2.71. The zero-order valence-corrected chi connectivity index (χ0v) is 14.1. The number of aryl methyl sites for hydroxylation is 1. The van der Waals surface area contributed by atoms with Crippen molar-refractivity contribution in [3.8, 4) is 17.0 Å². The van der Waals surface area contributed by atoms with Gasteiger partial charge in [-0.1, -0.05) is 0 Å². The van der Waals surface area contributed by atoms with Crippen LogP contribution in [-0.4, -0.2) is 16.7 Å². The fraction of sp³-hybridized carbons (Fsp3) is 0.400. The van der Waals surface area contributed by atoms with E-state index in [1.807, 2.05) is 11.6 Å². The van der Waals surface area contributed by atoms with Gasteiger partial charge in [0.15, 0.2) is 0 Å². The van der Waals surface area contributed by atoms with Crippen molar-refractivity contribution in [3.05, 3.63) is 33.2 Å². The third-order valence-corrected chi connectivity index (χ3v) is 4.69. The molecule has 0 radical (unpaired) electrons. The summed E-state index contributed by atoms with van der Waals surface area (Å²) < 4.78 is 8.40. The van der Waals surface area contributed by atoms with Gasteiger partial charge < -0.3 is 15.0 Å². The molecule has 0 aliphatic rings. The first kappa shape index (κ1) is 15.1. The maximum atomic E-state index is 5.73. The Morgan fingerprint density at radius 1 is 1.30 bits per heavy atom. The van der Waals surface area contributed by atoms with Gasteiger partial charge in [-0.2, -0.15) is 0 Å². The number of hydrogen-bond acceptors (Lipinski definition) is 3. The van der Waals surface area contributed by atoms with Gasteiger partial charge in [-0.15, -0.1) is 0 Å². The molecule has 5 heteroatoms. The molecule has 1 heterocycles. The van der Waals surface area contributed by atoms with Crippen LogP contribution in [0.3, 0.4) is 0 Å². The first-order chi connectivity index (χ1) is 9.42. The lowest BCUT2D eigenvalue weighted by Gasteiger charge is -2.15. The minimum Gasteiger partial charge on any atom is -0.496 e. The predicted molar refractivity (Wildman–Crippen MR) is 85.0 cm³/mol. The summed E-state index contributed by atoms with van der Waals surface area (Å²) in [6.07, 6.45) is 0. The topological polar surface area (TPSA) is 53.1 Å². The van der Waals surface area contributed by atoms with Crippen LogP contribution >= 0.6 is 15.9 Å². The van der Waals surface area contributed by atoms with E-state index in [0.717, 1.165) is 38.6 Å². The molecule has 108 valence electrons. The van der Waals surface area contributed by atoms with Gasteiger partial charge in [0.05, 0.1) is 13.7 Å². The average Bonchev–Trinajstić information content (AvgIpc) is 2.71. The van der Waals surface area contributed by atoms with Crippen LogP contribution in [0.2, 0.25) is 0 Å². The number of halogens is 1. The number of imidazole rings is 1. The van der Waals surface area contributed by atoms with Gasteiger partial charge in [0.25, 0.3) is 0 Å². The SMILES string of the molecule is COc1c(C)cc(-c2nc(CN)n(C)c2Br)c(C)c1C. The molecule has 20 heavy (non-hydrogen) atoms. The van der Waals surface area contributed by atoms with Crippen LogP contribution in [0.15, 0.2) is 10.7 Å². The molecule has 0 amide bonds. The Morgan fingerprint density at radius 3 is 2.45 bits per heavy atom. The fourth-order valence-corrected chi connectivity index (χ4v) is 3.00. The van der Waals surface area contributed by atoms with Crippen molar-refractivity contribution in [2.75, 3.05) is 7.11 Å². The Kier molecular flexibility index (Phi) is 4.20. The first-order valence-corrected chi connectivity index (χ1v) is 7.28. The van der Waals surface area contributed by atoms with Crippen molar-refractivity contribution in [1.29, 1.82) is 0 Å². The van der Waals surface area contributed by atoms with Crippen LogP contribution in [-0.2, 0) is 13.6 Å². The molecular weight excluding hydrogens is 318 g/mol. The summed E-state index contributed by atoms with van der Waals surface area (Å²) in [5, 5.41) is 0. The third kappa shape index (κ3) is 2.25. The summed E-state index contributed by atoms with van der Waals surface area (Å²) in [4.78, 5) is 4.65. The highest BCUT2D eigenvalue weighted by Gasteiger charge is 2.18. The summed E-state index contributed by atoms with van der Waals surface area (Å²) in [7, 11) is 3.67. The number of nitrogens with zero attached hydrogens (tertiary/aromatic N) is 2. The van der Waals surface area contributed by atoms with Crippen LogP contribution in [0.5, 0.6) is 5.75 Å². The van der Waals surface area contributed by atoms with Gasteiger partial charge in [0.1, 0.15) is 21.9 Å². The van der Waals surface area contributed by atoms with E-state index >= 15 is 0 Å². The summed E-state index contributed by atoms with van der Waals surface area (Å²) in [5.74, 6) is 1.80. The highest BCUT2D eigenvalue weighted by Crippen LogP contribution is 2.36. The number of hydrogen-bond donors (Lipinski definition) is 1. The smallest absolute Gasteiger partial charge is 0.124 e. The van der Waals surface area contributed by atoms with Crippen molar-refractivity contribution >= 4 is 15.9 Å². The number of ether oxygens (including phenoxy) is 1. The lowest BCUT2D eigenvalue weighted by atomic mass is 9.97. The molecule has 0 atom stereocenters. The van der Waals surface area contributed by atoms with Gasteiger partial charge in [0.2, 0.25) is 0 Å². The van der Waals surface area contributed by atoms with Crippen molar-refractivity contribution in [2.24, 2.45) is 12.8 Å². The maximum absolute atomic E-state index is 5.73. The Labute approximate surface area is 128 Å². The normalized spacial score (nSPS) is 10.9. The molecule has 4 nitrogen and oxygen atoms in total. The molecule has 2 aromatic rings. The van der Waals surface area contributed by atoms with E-state index in [-0.39, 0.29) is 0 Å². The van der Waals surface area contributed by atoms with Gasteiger partial charge >= 0.3 is 0 Å². The van der Waals surface area contributed by atoms with Crippen molar-refractivity contribution in [3.63, 3.8) is 0 Å². The van der Waals surface area contributed by atoms with Gasteiger partial charge in [-0.3, -0.25) is 0 Å². The summed E-state index contributed by atoms with van der Waals surface area (Å²) in [5.41, 5.74) is 11.2. The lowest BCUT2D eigenvalue weighted by Crippen LogP contribution is -2.04. The molecule has 0 aliphatic carbocycles. The molecule has 0 saturated carbocycles. The van der Waals surface area contributed by atoms with Crippen molar-refractivity contribution in [2.45, 2.75) is 27.3 Å². The largest absolute Gasteiger partial charge is 0.496 e. The third-order valence-electron chi connectivity index (χ3n) is 3.79. The molecule has 0 bridgehead atoms. The number of aromatic nitrogens is 2. The van der Waals surface area contributed by atoms with Gasteiger partial charge in [-0.05, 0) is 59.5 Å². The minimum absolute atomic E-state index is 0.419. The van der Waals surface area contributed by atoms with Crippen LogP contribution in [0.25, 0.3) is 11.3 Å². The molecule has 0 aliphatic heterocycles. The predicted octanol–water partition coefficient (Wildman–Crippen LogP) is 3.24. The zero-order valence-electron chi connectivity index (χ0n) is 12.5. The van der Waals surface area contributed by atoms with Crippen molar-refractivity contribution in [1.82, 2.24) is 9.55 Å². The number of benzene rings is 1. The lowest BCUT2D eigenvalue weighted by molar-refractivity contribution is 0.408. The fourth-order valence-electron chi connectivity index (χ4n) is 2.49. The van der Waals surface area contributed by atoms with E-state index < -0.39 is 0 Å². The second-order valence-corrected chi connectivity index (χ2v) is 5.71. The minimum atomic E-state index is 0.419. The van der Waals surface area contributed by atoms with Crippen LogP contribution in [0.4, 0.5) is 0 Å². The highest BCUT2D eigenvalue weighted by atomic mass is 79.9. The van der Waals surface area contributed by atoms with E-state index in [1.54, 1.807) is 7.11 Å². The molecule has 0 spiro atoms. The summed E-state index contributed by atoms with van der Waals surface area (Å²) in [6.45, 7) is 6.64. The quantitative estimate of drug-likeness (QED) is 0.935. The molecule has 2 N–H and O–H groups in total. The second kappa shape index (κ2) is 5.58. The van der Waals surface area contributed by atoms with E-state index in [9.17, 15) is 0 Å². The standard InChI is InChI=1S/C15H20BrN3O/c1-8-6-11(9(2)10(3)14(8)20-5)13-15(16)19(4)12(7-17)18-13/h6H,7,17H2,1-5H3. The van der Waals surface area contributed by atoms with Crippen molar-refractivity contribution < 1.29 is 4.74 Å². The molecule has 0 saturated heterocycles. The first-order valence-electron chi connectivity index (χ1n) is 6.48. The monoisotopic (exact) mass is 337 g/mol. The van der Waals surface area contributed by atoms with E-state index in [1.165, 1.54) is 5.56 Å². The summed E-state index contributed by atoms with van der Waals surface area (Å²) in [6, 6.07) is 2.12. The van der Waals surface area contributed by atoms with Crippen LogP contribution < -0.4 is 10.5 Å². The maximum Gasteiger partial charge on any atom is 0.124 e. The van der Waals surface area contributed by atoms with E-state index in [4.69, 9.17) is 10.5 Å². The average molecular weight is 338 g/mol. The molecule has 0 fully saturated rings. The molecule has 1 aromatic carbocycles. The number of nitrogens with two attached hydrogens (primary N) is 1. The Hall–Kier alpha value is -1.33.